The van der Waals surface area contributed by atoms with Gasteiger partial charge in [-0.05, 0) is 44.9 Å². The van der Waals surface area contributed by atoms with Gasteiger partial charge >= 0.3 is 0 Å². The van der Waals surface area contributed by atoms with E-state index < -0.39 is 86.8 Å². The highest BCUT2D eigenvalue weighted by Gasteiger charge is 2.51. The Kier molecular flexibility index (Phi) is 39.5. The molecule has 2 fully saturated rings. The van der Waals surface area contributed by atoms with E-state index in [0.717, 1.165) is 44.9 Å². The zero-order valence-corrected chi connectivity index (χ0v) is 44.0. The fourth-order valence-electron chi connectivity index (χ4n) is 9.46. The van der Waals surface area contributed by atoms with Gasteiger partial charge in [0.1, 0.15) is 48.8 Å². The molecule has 0 aromatic rings. The molecule has 1 amide bonds. The first-order valence-corrected chi connectivity index (χ1v) is 28.6. The van der Waals surface area contributed by atoms with Crippen molar-refractivity contribution in [3.05, 3.63) is 24.3 Å². The van der Waals surface area contributed by atoms with Crippen LogP contribution in [0.15, 0.2) is 24.3 Å². The van der Waals surface area contributed by atoms with Crippen molar-refractivity contribution in [2.75, 3.05) is 19.8 Å². The summed E-state index contributed by atoms with van der Waals surface area (Å²) in [5.41, 5.74) is 0. The fraction of sp³-hybridized carbons (Fsp3) is 0.911. The highest BCUT2D eigenvalue weighted by atomic mass is 16.7. The maximum atomic E-state index is 13.2. The molecule has 0 spiro atoms. The molecule has 2 rings (SSSR count). The molecule has 2 heterocycles. The number of unbranched alkanes of at least 4 members (excludes halogenated alkanes) is 30. The molecule has 0 bridgehead atoms. The second-order valence-electron chi connectivity index (χ2n) is 20.4. The molecule has 2 aliphatic rings. The number of rotatable bonds is 45. The summed E-state index contributed by atoms with van der Waals surface area (Å²) in [4.78, 5) is 13.2. The number of aliphatic hydroxyl groups is 8. The van der Waals surface area contributed by atoms with Crippen molar-refractivity contribution in [3.8, 4) is 0 Å². The number of nitrogens with one attached hydrogen (secondary N) is 1. The van der Waals surface area contributed by atoms with Crippen molar-refractivity contribution in [1.29, 1.82) is 0 Å². The van der Waals surface area contributed by atoms with Crippen molar-refractivity contribution in [3.63, 3.8) is 0 Å². The molecular weight excluding hydrogens is 895 g/mol. The van der Waals surface area contributed by atoms with Gasteiger partial charge in [0.2, 0.25) is 5.91 Å². The molecule has 412 valence electrons. The van der Waals surface area contributed by atoms with Crippen molar-refractivity contribution in [2.24, 2.45) is 0 Å². The van der Waals surface area contributed by atoms with Gasteiger partial charge < -0.3 is 65.1 Å². The van der Waals surface area contributed by atoms with Gasteiger partial charge in [-0.15, -0.1) is 0 Å². The number of aliphatic hydroxyl groups excluding tert-OH is 8. The Labute approximate surface area is 424 Å². The lowest BCUT2D eigenvalue weighted by molar-refractivity contribution is -0.359. The second-order valence-corrected chi connectivity index (χ2v) is 20.4. The van der Waals surface area contributed by atoms with Crippen LogP contribution in [0.3, 0.4) is 0 Å². The van der Waals surface area contributed by atoms with Gasteiger partial charge in [-0.1, -0.05) is 205 Å². The second kappa shape index (κ2) is 42.8. The van der Waals surface area contributed by atoms with Crippen molar-refractivity contribution >= 4 is 5.91 Å². The first-order valence-electron chi connectivity index (χ1n) is 28.6. The van der Waals surface area contributed by atoms with E-state index in [1.54, 1.807) is 6.08 Å². The zero-order chi connectivity index (χ0) is 51.0. The molecule has 0 aliphatic carbocycles. The van der Waals surface area contributed by atoms with Crippen LogP contribution in [-0.2, 0) is 23.7 Å². The van der Waals surface area contributed by atoms with Crippen LogP contribution >= 0.6 is 0 Å². The molecule has 2 saturated heterocycles. The number of amides is 1. The standard InChI is InChI=1S/C56H105NO13/c1-3-5-7-9-11-13-15-17-19-21-23-25-27-29-31-33-35-37-39-45(60)44(57-48(61)40-38-36-34-32-30-28-26-24-22-20-18-16-14-12-10-8-6-4-2)43-67-55-53(66)51(64)54(47(42-59)69-55)70-56-52(65)50(63)49(62)46(41-58)68-56/h20,22,37,39,44-47,49-56,58-60,62-66H,3-19,21,23-36,38,40-43H2,1-2H3,(H,57,61)/b22-20-,39-37+. The van der Waals surface area contributed by atoms with E-state index in [4.69, 9.17) is 18.9 Å². The molecular formula is C56H105NO13. The Balaban J connectivity index is 1.80. The predicted molar refractivity (Wildman–Crippen MR) is 277 cm³/mol. The Hall–Kier alpha value is -1.53. The summed E-state index contributed by atoms with van der Waals surface area (Å²) in [6.07, 6.45) is 32.1. The molecule has 12 atom stereocenters. The number of carbonyl (C=O) groups excluding carboxylic acids is 1. The van der Waals surface area contributed by atoms with Gasteiger partial charge in [-0.2, -0.15) is 0 Å². The summed E-state index contributed by atoms with van der Waals surface area (Å²) in [5.74, 6) is -0.242. The molecule has 0 radical (unpaired) electrons. The lowest BCUT2D eigenvalue weighted by Gasteiger charge is -2.46. The van der Waals surface area contributed by atoms with Crippen LogP contribution in [0.4, 0.5) is 0 Å². The third-order valence-corrected chi connectivity index (χ3v) is 14.1. The van der Waals surface area contributed by atoms with E-state index in [0.29, 0.717) is 6.42 Å². The van der Waals surface area contributed by atoms with E-state index >= 15 is 0 Å². The van der Waals surface area contributed by atoms with Crippen LogP contribution in [0, 0.1) is 0 Å². The van der Waals surface area contributed by atoms with E-state index in [2.05, 4.69) is 31.3 Å². The Bertz CT molecular complexity index is 1270. The molecule has 0 saturated carbocycles. The van der Waals surface area contributed by atoms with Crippen LogP contribution in [-0.4, -0.2) is 140 Å². The van der Waals surface area contributed by atoms with E-state index in [-0.39, 0.29) is 18.9 Å². The number of hydrogen-bond donors (Lipinski definition) is 9. The normalized spacial score (nSPS) is 26.1. The maximum Gasteiger partial charge on any atom is 0.220 e. The number of ether oxygens (including phenoxy) is 4. The molecule has 14 heteroatoms. The van der Waals surface area contributed by atoms with E-state index in [9.17, 15) is 45.6 Å². The average Bonchev–Trinajstić information content (AvgIpc) is 3.36. The van der Waals surface area contributed by atoms with E-state index in [1.807, 2.05) is 6.08 Å². The summed E-state index contributed by atoms with van der Waals surface area (Å²) in [6.45, 7) is 2.80. The number of allylic oxidation sites excluding steroid dienone is 3. The SMILES string of the molecule is CCCCCCCCC/C=C\CCCCCCCCCC(=O)NC(COC1OC(CO)C(OC2OC(CO)C(O)C(O)C2O)C(O)C1O)C(O)/C=C/CCCCCCCCCCCCCCCCCC. The molecule has 2 aliphatic heterocycles. The zero-order valence-electron chi connectivity index (χ0n) is 44.0. The molecule has 12 unspecified atom stereocenters. The summed E-state index contributed by atoms with van der Waals surface area (Å²) in [6, 6.07) is -0.914. The molecule has 14 nitrogen and oxygen atoms in total. The van der Waals surface area contributed by atoms with Gasteiger partial charge in [-0.25, -0.2) is 0 Å². The fourth-order valence-corrected chi connectivity index (χ4v) is 9.46. The highest BCUT2D eigenvalue weighted by Crippen LogP contribution is 2.30. The lowest BCUT2D eigenvalue weighted by atomic mass is 9.97. The summed E-state index contributed by atoms with van der Waals surface area (Å²) >= 11 is 0. The minimum atomic E-state index is -1.79. The molecule has 9 N–H and O–H groups in total. The average molecular weight is 1000 g/mol. The summed E-state index contributed by atoms with van der Waals surface area (Å²) < 4.78 is 22.8. The molecule has 70 heavy (non-hydrogen) atoms. The lowest BCUT2D eigenvalue weighted by Crippen LogP contribution is -2.65. The smallest absolute Gasteiger partial charge is 0.220 e. The number of carbonyl (C=O) groups is 1. The van der Waals surface area contributed by atoms with Crippen LogP contribution in [0.25, 0.3) is 0 Å². The Morgan fingerprint density at radius 1 is 0.500 bits per heavy atom. The van der Waals surface area contributed by atoms with Gasteiger partial charge in [0.05, 0.1) is 32.0 Å². The van der Waals surface area contributed by atoms with Gasteiger partial charge in [0, 0.05) is 6.42 Å². The highest BCUT2D eigenvalue weighted by molar-refractivity contribution is 5.76. The summed E-state index contributed by atoms with van der Waals surface area (Å²) in [7, 11) is 0. The van der Waals surface area contributed by atoms with Crippen molar-refractivity contribution < 1.29 is 64.6 Å². The van der Waals surface area contributed by atoms with Crippen LogP contribution in [0.5, 0.6) is 0 Å². The monoisotopic (exact) mass is 1000 g/mol. The predicted octanol–water partition coefficient (Wildman–Crippen LogP) is 8.89. The van der Waals surface area contributed by atoms with Gasteiger partial charge in [0.15, 0.2) is 12.6 Å². The van der Waals surface area contributed by atoms with Crippen LogP contribution in [0.1, 0.15) is 232 Å². The molecule has 0 aromatic heterocycles. The Morgan fingerprint density at radius 3 is 1.36 bits per heavy atom. The third kappa shape index (κ3) is 28.8. The van der Waals surface area contributed by atoms with E-state index in [1.165, 1.54) is 161 Å². The minimum Gasteiger partial charge on any atom is -0.394 e. The van der Waals surface area contributed by atoms with Crippen LogP contribution < -0.4 is 5.32 Å². The third-order valence-electron chi connectivity index (χ3n) is 14.1. The first kappa shape index (κ1) is 64.6. The molecule has 0 aromatic carbocycles. The van der Waals surface area contributed by atoms with Crippen molar-refractivity contribution in [1.82, 2.24) is 5.32 Å². The quantitative estimate of drug-likeness (QED) is 0.0205. The van der Waals surface area contributed by atoms with Crippen LogP contribution in [0.2, 0.25) is 0 Å². The Morgan fingerprint density at radius 2 is 0.900 bits per heavy atom. The first-order chi connectivity index (χ1) is 34.1. The van der Waals surface area contributed by atoms with Gasteiger partial charge in [0.25, 0.3) is 0 Å². The minimum absolute atomic E-state index is 0.242. The number of hydrogen-bond acceptors (Lipinski definition) is 13. The van der Waals surface area contributed by atoms with Gasteiger partial charge in [-0.3, -0.25) is 4.79 Å². The largest absolute Gasteiger partial charge is 0.394 e. The maximum absolute atomic E-state index is 13.2. The topological polar surface area (TPSA) is 228 Å². The van der Waals surface area contributed by atoms with Crippen molar-refractivity contribution in [2.45, 2.75) is 306 Å². The summed E-state index contributed by atoms with van der Waals surface area (Å²) in [5, 5.41) is 87.0.